The van der Waals surface area contributed by atoms with Gasteiger partial charge in [-0.3, -0.25) is 4.99 Å². The summed E-state index contributed by atoms with van der Waals surface area (Å²) in [4.78, 5) is 4.49. The third-order valence-corrected chi connectivity index (χ3v) is 3.12. The van der Waals surface area contributed by atoms with Crippen LogP contribution in [0.3, 0.4) is 0 Å². The van der Waals surface area contributed by atoms with Gasteiger partial charge < -0.3 is 0 Å². The molecule has 0 saturated carbocycles. The van der Waals surface area contributed by atoms with Gasteiger partial charge in [-0.1, -0.05) is 53.2 Å². The Kier molecular flexibility index (Phi) is 8.75. The molecule has 0 aliphatic rings. The molecule has 0 aliphatic carbocycles. The minimum atomic E-state index is 0.431. The van der Waals surface area contributed by atoms with Crippen molar-refractivity contribution in [1.29, 1.82) is 0 Å². The first kappa shape index (κ1) is 16.1. The van der Waals surface area contributed by atoms with E-state index in [1.807, 2.05) is 6.21 Å². The summed E-state index contributed by atoms with van der Waals surface area (Å²) in [6, 6.07) is 0. The van der Waals surface area contributed by atoms with Crippen molar-refractivity contribution in [2.45, 2.75) is 60.3 Å². The maximum absolute atomic E-state index is 4.49. The van der Waals surface area contributed by atoms with Crippen LogP contribution in [0.15, 0.2) is 28.9 Å². The lowest BCUT2D eigenvalue weighted by Crippen LogP contribution is -2.05. The minimum Gasteiger partial charge on any atom is -0.261 e. The lowest BCUT2D eigenvalue weighted by Gasteiger charge is -2.16. The van der Waals surface area contributed by atoms with E-state index in [1.165, 1.54) is 31.3 Å². The van der Waals surface area contributed by atoms with E-state index >= 15 is 0 Å². The predicted molar refractivity (Wildman–Crippen MR) is 79.5 cm³/mol. The summed E-state index contributed by atoms with van der Waals surface area (Å²) in [6.45, 7) is 14.9. The number of allylic oxidation sites excluding steroid dienone is 3. The predicted octanol–water partition coefficient (Wildman–Crippen LogP) is 5.39. The molecule has 0 fully saturated rings. The molecule has 0 heterocycles. The van der Waals surface area contributed by atoms with Crippen molar-refractivity contribution < 1.29 is 0 Å². The molecule has 0 spiro atoms. The zero-order chi connectivity index (χ0) is 13.3. The van der Waals surface area contributed by atoms with Crippen molar-refractivity contribution >= 4 is 6.21 Å². The smallest absolute Gasteiger partial charge is 0.0357 e. The first-order chi connectivity index (χ1) is 8.06. The molecule has 98 valence electrons. The van der Waals surface area contributed by atoms with Gasteiger partial charge >= 0.3 is 0 Å². The molecule has 0 aromatic carbocycles. The fraction of sp³-hybridized carbons (Fsp3) is 0.688. The summed E-state index contributed by atoms with van der Waals surface area (Å²) in [5, 5.41) is 0. The van der Waals surface area contributed by atoms with E-state index < -0.39 is 0 Å². The highest BCUT2D eigenvalue weighted by atomic mass is 14.7. The maximum atomic E-state index is 4.49. The Hall–Kier alpha value is -0.850. The Labute approximate surface area is 108 Å². The van der Waals surface area contributed by atoms with Gasteiger partial charge in [-0.05, 0) is 37.2 Å². The van der Waals surface area contributed by atoms with Crippen molar-refractivity contribution in [1.82, 2.24) is 0 Å². The Bertz CT molecular complexity index is 265. The van der Waals surface area contributed by atoms with Crippen LogP contribution in [0.1, 0.15) is 60.3 Å². The molecule has 0 amide bonds. The third-order valence-electron chi connectivity index (χ3n) is 3.12. The molecule has 0 aliphatic heterocycles. The first-order valence-electron chi connectivity index (χ1n) is 6.95. The van der Waals surface area contributed by atoms with Crippen LogP contribution in [-0.4, -0.2) is 6.21 Å². The summed E-state index contributed by atoms with van der Waals surface area (Å²) in [7, 11) is 0. The van der Waals surface area contributed by atoms with Crippen LogP contribution in [0, 0.1) is 11.8 Å². The van der Waals surface area contributed by atoms with E-state index in [1.54, 1.807) is 0 Å². The van der Waals surface area contributed by atoms with Crippen LogP contribution >= 0.6 is 0 Å². The van der Waals surface area contributed by atoms with E-state index in [0.717, 1.165) is 5.70 Å². The summed E-state index contributed by atoms with van der Waals surface area (Å²) in [6.07, 6.45) is 9.22. The minimum absolute atomic E-state index is 0.431. The van der Waals surface area contributed by atoms with Crippen LogP contribution in [-0.2, 0) is 0 Å². The molecule has 0 aromatic rings. The fourth-order valence-electron chi connectivity index (χ4n) is 1.90. The van der Waals surface area contributed by atoms with E-state index in [0.29, 0.717) is 11.8 Å². The molecule has 0 saturated heterocycles. The summed E-state index contributed by atoms with van der Waals surface area (Å²) >= 11 is 0. The van der Waals surface area contributed by atoms with Crippen LogP contribution in [0.2, 0.25) is 0 Å². The molecule has 0 rings (SSSR count). The highest BCUT2D eigenvalue weighted by molar-refractivity contribution is 5.79. The van der Waals surface area contributed by atoms with Gasteiger partial charge in [-0.2, -0.15) is 0 Å². The Morgan fingerprint density at radius 1 is 1.18 bits per heavy atom. The van der Waals surface area contributed by atoms with Crippen molar-refractivity contribution in [3.8, 4) is 0 Å². The summed E-state index contributed by atoms with van der Waals surface area (Å²) in [5.41, 5.74) is 2.34. The second-order valence-corrected chi connectivity index (χ2v) is 4.97. The number of hydrogen-bond donors (Lipinski definition) is 0. The third kappa shape index (κ3) is 6.45. The molecule has 0 N–H and O–H groups in total. The number of nitrogens with zero attached hydrogens (tertiary/aromatic N) is 1. The van der Waals surface area contributed by atoms with Gasteiger partial charge in [0.15, 0.2) is 0 Å². The zero-order valence-electron chi connectivity index (χ0n) is 12.3. The standard InChI is InChI=1S/C16H29N/c1-7-10-16(11-8-2)15(9-3)12-17-14(6)13(4)5/h9,12-13,16H,6-8,10-11H2,1-5H3/b15-9+,17-12?. The first-order valence-corrected chi connectivity index (χ1v) is 6.95. The molecule has 0 aromatic heterocycles. The molecule has 0 radical (unpaired) electrons. The summed E-state index contributed by atoms with van der Waals surface area (Å²) < 4.78 is 0. The average molecular weight is 235 g/mol. The summed E-state index contributed by atoms with van der Waals surface area (Å²) in [5.74, 6) is 1.10. The normalized spacial score (nSPS) is 13.0. The van der Waals surface area contributed by atoms with Crippen molar-refractivity contribution in [2.24, 2.45) is 16.8 Å². The zero-order valence-corrected chi connectivity index (χ0v) is 12.3. The van der Waals surface area contributed by atoms with Gasteiger partial charge in [0.25, 0.3) is 0 Å². The van der Waals surface area contributed by atoms with Crippen molar-refractivity contribution in [3.63, 3.8) is 0 Å². The van der Waals surface area contributed by atoms with E-state index in [4.69, 9.17) is 0 Å². The lowest BCUT2D eigenvalue weighted by atomic mass is 9.90. The van der Waals surface area contributed by atoms with Crippen LogP contribution in [0.4, 0.5) is 0 Å². The van der Waals surface area contributed by atoms with E-state index in [-0.39, 0.29) is 0 Å². The van der Waals surface area contributed by atoms with Crippen LogP contribution in [0.25, 0.3) is 0 Å². The topological polar surface area (TPSA) is 12.4 Å². The van der Waals surface area contributed by atoms with Crippen molar-refractivity contribution in [3.05, 3.63) is 23.9 Å². The van der Waals surface area contributed by atoms with Crippen LogP contribution < -0.4 is 0 Å². The molecule has 0 atom stereocenters. The van der Waals surface area contributed by atoms with Gasteiger partial charge in [0.1, 0.15) is 0 Å². The molecule has 1 heteroatoms. The Balaban J connectivity index is 4.64. The van der Waals surface area contributed by atoms with E-state index in [2.05, 4.69) is 52.3 Å². The number of aliphatic imine (C=N–C) groups is 1. The highest BCUT2D eigenvalue weighted by Gasteiger charge is 2.10. The average Bonchev–Trinajstić information content (AvgIpc) is 2.29. The fourth-order valence-corrected chi connectivity index (χ4v) is 1.90. The second-order valence-electron chi connectivity index (χ2n) is 4.97. The van der Waals surface area contributed by atoms with Crippen LogP contribution in [0.5, 0.6) is 0 Å². The van der Waals surface area contributed by atoms with Crippen molar-refractivity contribution in [2.75, 3.05) is 0 Å². The highest BCUT2D eigenvalue weighted by Crippen LogP contribution is 2.22. The lowest BCUT2D eigenvalue weighted by molar-refractivity contribution is 0.518. The molecular formula is C16H29N. The Morgan fingerprint density at radius 2 is 1.71 bits per heavy atom. The monoisotopic (exact) mass is 235 g/mol. The second kappa shape index (κ2) is 9.21. The molecule has 1 nitrogen and oxygen atoms in total. The quantitative estimate of drug-likeness (QED) is 0.500. The number of rotatable bonds is 8. The largest absolute Gasteiger partial charge is 0.261 e. The van der Waals surface area contributed by atoms with Gasteiger partial charge in [-0.15, -0.1) is 0 Å². The van der Waals surface area contributed by atoms with Gasteiger partial charge in [-0.25, -0.2) is 0 Å². The Morgan fingerprint density at radius 3 is 2.06 bits per heavy atom. The molecule has 0 bridgehead atoms. The van der Waals surface area contributed by atoms with Gasteiger partial charge in [0.2, 0.25) is 0 Å². The number of hydrogen-bond acceptors (Lipinski definition) is 1. The van der Waals surface area contributed by atoms with Gasteiger partial charge in [0.05, 0.1) is 0 Å². The molecular weight excluding hydrogens is 206 g/mol. The SMILES string of the molecule is C=C(N=C/C(=C\C)C(CCC)CCC)C(C)C. The van der Waals surface area contributed by atoms with E-state index in [9.17, 15) is 0 Å². The maximum Gasteiger partial charge on any atom is 0.0357 e. The molecule has 17 heavy (non-hydrogen) atoms. The molecule has 0 unspecified atom stereocenters. The van der Waals surface area contributed by atoms with Gasteiger partial charge in [0, 0.05) is 11.9 Å².